The van der Waals surface area contributed by atoms with Crippen molar-refractivity contribution in [3.05, 3.63) is 0 Å². The largest absolute Gasteiger partial charge is 0.465 e. The number of rotatable bonds is 9. The maximum Gasteiger partial charge on any atom is 0.324 e. The highest BCUT2D eigenvalue weighted by Crippen LogP contribution is 2.08. The molecular weight excluding hydrogens is 228 g/mol. The van der Waals surface area contributed by atoms with Crippen molar-refractivity contribution in [2.75, 3.05) is 26.7 Å². The summed E-state index contributed by atoms with van der Waals surface area (Å²) in [5.74, 6) is 0.428. The first kappa shape index (κ1) is 17.4. The first-order chi connectivity index (χ1) is 8.43. The maximum absolute atomic E-state index is 11.9. The van der Waals surface area contributed by atoms with Gasteiger partial charge in [0, 0.05) is 12.6 Å². The van der Waals surface area contributed by atoms with E-state index in [9.17, 15) is 4.79 Å². The van der Waals surface area contributed by atoms with E-state index >= 15 is 0 Å². The van der Waals surface area contributed by atoms with Gasteiger partial charge >= 0.3 is 5.97 Å². The summed E-state index contributed by atoms with van der Waals surface area (Å²) in [5.41, 5.74) is 0. The van der Waals surface area contributed by atoms with Gasteiger partial charge in [0.15, 0.2) is 0 Å². The van der Waals surface area contributed by atoms with Gasteiger partial charge < -0.3 is 15.0 Å². The number of carbonyl (C=O) groups excluding carboxylic acids is 1. The molecule has 1 N–H and O–H groups in total. The van der Waals surface area contributed by atoms with E-state index in [1.807, 2.05) is 6.92 Å². The van der Waals surface area contributed by atoms with Crippen LogP contribution in [0.25, 0.3) is 0 Å². The molecule has 0 spiro atoms. The third-order valence-corrected chi connectivity index (χ3v) is 3.34. The molecule has 0 heterocycles. The molecule has 0 aromatic rings. The van der Waals surface area contributed by atoms with Gasteiger partial charge in [0.1, 0.15) is 6.04 Å². The summed E-state index contributed by atoms with van der Waals surface area (Å²) < 4.78 is 5.11. The van der Waals surface area contributed by atoms with Gasteiger partial charge in [-0.15, -0.1) is 0 Å². The van der Waals surface area contributed by atoms with E-state index in [1.165, 1.54) is 0 Å². The van der Waals surface area contributed by atoms with Gasteiger partial charge in [-0.05, 0) is 39.8 Å². The molecule has 0 saturated heterocycles. The van der Waals surface area contributed by atoms with Crippen LogP contribution in [-0.4, -0.2) is 49.7 Å². The summed E-state index contributed by atoms with van der Waals surface area (Å²) >= 11 is 0. The Hall–Kier alpha value is -0.610. The van der Waals surface area contributed by atoms with Crippen LogP contribution in [0.4, 0.5) is 0 Å². The Kier molecular flexibility index (Phi) is 9.02. The molecule has 0 amide bonds. The molecule has 0 aliphatic carbocycles. The van der Waals surface area contributed by atoms with Gasteiger partial charge in [0.05, 0.1) is 6.61 Å². The number of nitrogens with one attached hydrogen (secondary N) is 1. The van der Waals surface area contributed by atoms with Crippen molar-refractivity contribution < 1.29 is 9.53 Å². The normalized spacial score (nSPS) is 14.9. The number of hydrogen-bond donors (Lipinski definition) is 1. The molecule has 0 aliphatic rings. The quantitative estimate of drug-likeness (QED) is 0.641. The SMILES string of the molecule is CCCNC(CN(C)C(C)C(C)C)C(=O)OCC. The highest BCUT2D eigenvalue weighted by Gasteiger charge is 2.23. The number of ether oxygens (including phenoxy) is 1. The summed E-state index contributed by atoms with van der Waals surface area (Å²) in [6.07, 6.45) is 1.01. The minimum Gasteiger partial charge on any atom is -0.465 e. The lowest BCUT2D eigenvalue weighted by atomic mass is 10.0. The molecule has 0 fully saturated rings. The van der Waals surface area contributed by atoms with E-state index in [-0.39, 0.29) is 12.0 Å². The summed E-state index contributed by atoms with van der Waals surface area (Å²) in [5, 5.41) is 3.26. The summed E-state index contributed by atoms with van der Waals surface area (Å²) in [4.78, 5) is 14.1. The molecule has 18 heavy (non-hydrogen) atoms. The smallest absolute Gasteiger partial charge is 0.324 e. The van der Waals surface area contributed by atoms with Crippen LogP contribution in [0.1, 0.15) is 41.0 Å². The van der Waals surface area contributed by atoms with Crippen molar-refractivity contribution >= 4 is 5.97 Å². The Balaban J connectivity index is 4.42. The number of hydrogen-bond acceptors (Lipinski definition) is 4. The van der Waals surface area contributed by atoms with Gasteiger partial charge in [-0.3, -0.25) is 4.79 Å². The van der Waals surface area contributed by atoms with Crippen molar-refractivity contribution in [3.63, 3.8) is 0 Å². The third-order valence-electron chi connectivity index (χ3n) is 3.34. The van der Waals surface area contributed by atoms with Crippen LogP contribution in [-0.2, 0) is 9.53 Å². The van der Waals surface area contributed by atoms with Crippen molar-refractivity contribution in [1.82, 2.24) is 10.2 Å². The van der Waals surface area contributed by atoms with Crippen LogP contribution in [0.2, 0.25) is 0 Å². The Bertz CT molecular complexity index is 232. The molecule has 2 unspecified atom stereocenters. The second-order valence-electron chi connectivity index (χ2n) is 5.18. The average Bonchev–Trinajstić information content (AvgIpc) is 2.33. The van der Waals surface area contributed by atoms with E-state index in [0.29, 0.717) is 25.1 Å². The van der Waals surface area contributed by atoms with Crippen molar-refractivity contribution in [2.24, 2.45) is 5.92 Å². The maximum atomic E-state index is 11.9. The Morgan fingerprint density at radius 3 is 2.33 bits per heavy atom. The minimum atomic E-state index is -0.226. The topological polar surface area (TPSA) is 41.6 Å². The fourth-order valence-electron chi connectivity index (χ4n) is 1.75. The lowest BCUT2D eigenvalue weighted by Gasteiger charge is -2.30. The molecule has 0 aromatic heterocycles. The summed E-state index contributed by atoms with van der Waals surface area (Å²) in [6, 6.07) is 0.224. The number of carbonyl (C=O) groups is 1. The van der Waals surface area contributed by atoms with Gasteiger partial charge in [-0.1, -0.05) is 20.8 Å². The number of likely N-dealkylation sites (N-methyl/N-ethyl adjacent to an activating group) is 1. The second-order valence-corrected chi connectivity index (χ2v) is 5.18. The first-order valence-electron chi connectivity index (χ1n) is 7.04. The van der Waals surface area contributed by atoms with Gasteiger partial charge in [0.25, 0.3) is 0 Å². The zero-order valence-electron chi connectivity index (χ0n) is 12.8. The third kappa shape index (κ3) is 6.36. The van der Waals surface area contributed by atoms with Crippen molar-refractivity contribution in [1.29, 1.82) is 0 Å². The summed E-state index contributed by atoms with van der Waals surface area (Å²) in [7, 11) is 2.06. The molecule has 0 aromatic carbocycles. The van der Waals surface area contributed by atoms with Gasteiger partial charge in [-0.2, -0.15) is 0 Å². The van der Waals surface area contributed by atoms with Gasteiger partial charge in [0.2, 0.25) is 0 Å². The minimum absolute atomic E-state index is 0.145. The zero-order chi connectivity index (χ0) is 14.1. The fraction of sp³-hybridized carbons (Fsp3) is 0.929. The van der Waals surface area contributed by atoms with Crippen molar-refractivity contribution in [2.45, 2.75) is 53.1 Å². The zero-order valence-corrected chi connectivity index (χ0v) is 12.8. The van der Waals surface area contributed by atoms with Crippen LogP contribution < -0.4 is 5.32 Å². The molecule has 108 valence electrons. The van der Waals surface area contributed by atoms with Gasteiger partial charge in [-0.25, -0.2) is 0 Å². The number of nitrogens with zero attached hydrogens (tertiary/aromatic N) is 1. The highest BCUT2D eigenvalue weighted by atomic mass is 16.5. The predicted octanol–water partition coefficient (Wildman–Crippen LogP) is 1.89. The van der Waals surface area contributed by atoms with E-state index in [1.54, 1.807) is 0 Å². The molecule has 2 atom stereocenters. The Morgan fingerprint density at radius 2 is 1.89 bits per heavy atom. The number of esters is 1. The molecule has 0 bridgehead atoms. The highest BCUT2D eigenvalue weighted by molar-refractivity contribution is 5.76. The lowest BCUT2D eigenvalue weighted by molar-refractivity contribution is -0.146. The van der Waals surface area contributed by atoms with E-state index in [4.69, 9.17) is 4.74 Å². The molecule has 0 rings (SSSR count). The molecule has 0 aliphatic heterocycles. The standard InChI is InChI=1S/C14H30N2O2/c1-7-9-15-13(14(17)18-8-2)10-16(6)12(5)11(3)4/h11-13,15H,7-10H2,1-6H3. The lowest BCUT2D eigenvalue weighted by Crippen LogP contribution is -2.49. The van der Waals surface area contributed by atoms with Crippen LogP contribution >= 0.6 is 0 Å². The van der Waals surface area contributed by atoms with Crippen LogP contribution in [0.5, 0.6) is 0 Å². The Labute approximate surface area is 112 Å². The van der Waals surface area contributed by atoms with Crippen LogP contribution in [0, 0.1) is 5.92 Å². The van der Waals surface area contributed by atoms with E-state index in [0.717, 1.165) is 13.0 Å². The van der Waals surface area contributed by atoms with Crippen LogP contribution in [0.15, 0.2) is 0 Å². The molecule has 4 nitrogen and oxygen atoms in total. The fourth-order valence-corrected chi connectivity index (χ4v) is 1.75. The van der Waals surface area contributed by atoms with Crippen molar-refractivity contribution in [3.8, 4) is 0 Å². The molecule has 0 saturated carbocycles. The van der Waals surface area contributed by atoms with Crippen LogP contribution in [0.3, 0.4) is 0 Å². The molecule has 0 radical (unpaired) electrons. The summed E-state index contributed by atoms with van der Waals surface area (Å²) in [6.45, 7) is 12.5. The molecule has 4 heteroatoms. The predicted molar refractivity (Wildman–Crippen MR) is 75.6 cm³/mol. The van der Waals surface area contributed by atoms with E-state index in [2.05, 4.69) is 45.0 Å². The Morgan fingerprint density at radius 1 is 1.28 bits per heavy atom. The van der Waals surface area contributed by atoms with E-state index < -0.39 is 0 Å². The average molecular weight is 258 g/mol. The first-order valence-corrected chi connectivity index (χ1v) is 7.04. The molecular formula is C14H30N2O2. The second kappa shape index (κ2) is 9.34. The monoisotopic (exact) mass is 258 g/mol.